The fraction of sp³-hybridized carbons (Fsp3) is 0.812. The van der Waals surface area contributed by atoms with Gasteiger partial charge in [0.1, 0.15) is 0 Å². The van der Waals surface area contributed by atoms with E-state index in [1.165, 1.54) is 28.5 Å². The van der Waals surface area contributed by atoms with Crippen LogP contribution in [-0.4, -0.2) is 36.8 Å². The molecule has 0 unspecified atom stereocenters. The molecule has 1 saturated carbocycles. The molecule has 0 amide bonds. The highest BCUT2D eigenvalue weighted by Gasteiger charge is 2.24. The van der Waals surface area contributed by atoms with Crippen molar-refractivity contribution in [1.29, 1.82) is 0 Å². The van der Waals surface area contributed by atoms with Crippen LogP contribution in [0.2, 0.25) is 0 Å². The molecule has 0 bridgehead atoms. The third kappa shape index (κ3) is 3.96. The minimum Gasteiger partial charge on any atom is -0.378 e. The van der Waals surface area contributed by atoms with Gasteiger partial charge in [0.05, 0.1) is 11.8 Å². The Labute approximate surface area is 131 Å². The minimum atomic E-state index is 0.452. The largest absolute Gasteiger partial charge is 0.378 e. The molecule has 0 atom stereocenters. The second-order valence-electron chi connectivity index (χ2n) is 6.02. The number of hydrogen-bond donors (Lipinski definition) is 1. The van der Waals surface area contributed by atoms with E-state index in [9.17, 15) is 0 Å². The van der Waals surface area contributed by atoms with Crippen molar-refractivity contribution >= 4 is 16.5 Å². The average molecular weight is 309 g/mol. The van der Waals surface area contributed by atoms with E-state index in [4.69, 9.17) is 9.72 Å². The maximum atomic E-state index is 5.74. The van der Waals surface area contributed by atoms with Gasteiger partial charge in [0.2, 0.25) is 0 Å². The summed E-state index contributed by atoms with van der Waals surface area (Å²) >= 11 is 1.89. The predicted molar refractivity (Wildman–Crippen MR) is 88.2 cm³/mol. The molecule has 1 aliphatic heterocycles. The van der Waals surface area contributed by atoms with Crippen molar-refractivity contribution in [2.24, 2.45) is 0 Å². The molecule has 2 fully saturated rings. The first-order chi connectivity index (χ1) is 10.3. The van der Waals surface area contributed by atoms with Crippen molar-refractivity contribution in [1.82, 2.24) is 10.3 Å². The molecular formula is C16H27N3OS. The first-order valence-electron chi connectivity index (χ1n) is 8.38. The zero-order valence-corrected chi connectivity index (χ0v) is 14.0. The highest BCUT2D eigenvalue weighted by atomic mass is 32.1. The van der Waals surface area contributed by atoms with Crippen molar-refractivity contribution in [3.05, 3.63) is 10.6 Å². The molecule has 3 rings (SSSR count). The highest BCUT2D eigenvalue weighted by Crippen LogP contribution is 2.30. The molecule has 4 nitrogen and oxygen atoms in total. The van der Waals surface area contributed by atoms with Crippen molar-refractivity contribution in [2.45, 2.75) is 64.6 Å². The van der Waals surface area contributed by atoms with Crippen LogP contribution >= 0.6 is 11.3 Å². The minimum absolute atomic E-state index is 0.452. The van der Waals surface area contributed by atoms with Crippen LogP contribution in [0.3, 0.4) is 0 Å². The number of thiazole rings is 1. The van der Waals surface area contributed by atoms with E-state index < -0.39 is 0 Å². The summed E-state index contributed by atoms with van der Waals surface area (Å²) in [7, 11) is 0. The average Bonchev–Trinajstić information content (AvgIpc) is 3.25. The normalized spacial score (nSPS) is 20.2. The Morgan fingerprint density at radius 1 is 1.24 bits per heavy atom. The van der Waals surface area contributed by atoms with Gasteiger partial charge in [-0.05, 0) is 39.0 Å². The summed E-state index contributed by atoms with van der Waals surface area (Å²) in [5.74, 6) is 0. The monoisotopic (exact) mass is 309 g/mol. The summed E-state index contributed by atoms with van der Waals surface area (Å²) in [5.41, 5.74) is 1.29. The molecule has 1 aromatic rings. The van der Waals surface area contributed by atoms with Gasteiger partial charge >= 0.3 is 0 Å². The number of ether oxygens (including phenoxy) is 1. The molecule has 5 heteroatoms. The lowest BCUT2D eigenvalue weighted by Crippen LogP contribution is -2.37. The molecule has 118 valence electrons. The number of nitrogens with one attached hydrogen (secondary N) is 1. The van der Waals surface area contributed by atoms with Gasteiger partial charge in [-0.2, -0.15) is 0 Å². The van der Waals surface area contributed by atoms with Crippen molar-refractivity contribution in [2.75, 3.05) is 24.6 Å². The molecule has 0 spiro atoms. The van der Waals surface area contributed by atoms with Crippen LogP contribution in [0.4, 0.5) is 5.13 Å². The molecule has 21 heavy (non-hydrogen) atoms. The van der Waals surface area contributed by atoms with Gasteiger partial charge in [-0.3, -0.25) is 0 Å². The van der Waals surface area contributed by atoms with Gasteiger partial charge < -0.3 is 15.0 Å². The Morgan fingerprint density at radius 2 is 2.00 bits per heavy atom. The van der Waals surface area contributed by atoms with Gasteiger partial charge in [0.25, 0.3) is 0 Å². The van der Waals surface area contributed by atoms with Crippen LogP contribution in [0.1, 0.15) is 50.1 Å². The number of aryl methyl sites for hydroxylation is 1. The van der Waals surface area contributed by atoms with E-state index >= 15 is 0 Å². The molecule has 0 radical (unpaired) electrons. The predicted octanol–water partition coefficient (Wildman–Crippen LogP) is 2.96. The Bertz CT molecular complexity index is 450. The maximum Gasteiger partial charge on any atom is 0.185 e. The second-order valence-corrected chi connectivity index (χ2v) is 7.08. The van der Waals surface area contributed by atoms with Crippen LogP contribution < -0.4 is 10.2 Å². The number of hydrogen-bond acceptors (Lipinski definition) is 5. The molecule has 0 aromatic carbocycles. The van der Waals surface area contributed by atoms with Crippen LogP contribution in [0.25, 0.3) is 0 Å². The molecule has 1 saturated heterocycles. The molecule has 2 heterocycles. The summed E-state index contributed by atoms with van der Waals surface area (Å²) in [4.78, 5) is 8.77. The molecule has 2 aliphatic rings. The summed E-state index contributed by atoms with van der Waals surface area (Å²) in [6, 6.07) is 0.766. The summed E-state index contributed by atoms with van der Waals surface area (Å²) < 4.78 is 5.74. The van der Waals surface area contributed by atoms with Crippen LogP contribution in [0.15, 0.2) is 0 Å². The lowest BCUT2D eigenvalue weighted by Gasteiger charge is -2.31. The van der Waals surface area contributed by atoms with Crippen LogP contribution in [-0.2, 0) is 17.7 Å². The Kier molecular flexibility index (Phi) is 5.14. The topological polar surface area (TPSA) is 37.4 Å². The number of piperidine rings is 1. The fourth-order valence-electron chi connectivity index (χ4n) is 2.89. The van der Waals surface area contributed by atoms with Gasteiger partial charge in [-0.15, -0.1) is 11.3 Å². The number of anilines is 1. The van der Waals surface area contributed by atoms with E-state index in [0.29, 0.717) is 6.10 Å². The van der Waals surface area contributed by atoms with Gasteiger partial charge in [0.15, 0.2) is 5.13 Å². The molecular weight excluding hydrogens is 282 g/mol. The van der Waals surface area contributed by atoms with E-state index in [-0.39, 0.29) is 0 Å². The standard InChI is InChI=1S/C16H27N3OS/c1-3-14-15(11-17-12-5-6-12)21-16(18-14)19-9-7-13(8-10-19)20-4-2/h12-13,17H,3-11H2,1-2H3. The van der Waals surface area contributed by atoms with E-state index in [2.05, 4.69) is 24.1 Å². The molecule has 1 N–H and O–H groups in total. The van der Waals surface area contributed by atoms with E-state index in [1.807, 2.05) is 11.3 Å². The highest BCUT2D eigenvalue weighted by molar-refractivity contribution is 7.15. The maximum absolute atomic E-state index is 5.74. The second kappa shape index (κ2) is 7.07. The molecule has 1 aromatic heterocycles. The summed E-state index contributed by atoms with van der Waals surface area (Å²) in [6.07, 6.45) is 6.44. The Morgan fingerprint density at radius 3 is 2.62 bits per heavy atom. The zero-order chi connectivity index (χ0) is 14.7. The lowest BCUT2D eigenvalue weighted by atomic mass is 10.1. The van der Waals surface area contributed by atoms with Crippen molar-refractivity contribution in [3.8, 4) is 0 Å². The third-order valence-electron chi connectivity index (χ3n) is 4.35. The Hall–Kier alpha value is -0.650. The molecule has 1 aliphatic carbocycles. The van der Waals surface area contributed by atoms with Crippen molar-refractivity contribution < 1.29 is 4.74 Å². The first-order valence-corrected chi connectivity index (χ1v) is 9.20. The number of nitrogens with zero attached hydrogens (tertiary/aromatic N) is 2. The number of aromatic nitrogens is 1. The van der Waals surface area contributed by atoms with Crippen molar-refractivity contribution in [3.63, 3.8) is 0 Å². The third-order valence-corrected chi connectivity index (χ3v) is 5.50. The zero-order valence-electron chi connectivity index (χ0n) is 13.2. The quantitative estimate of drug-likeness (QED) is 0.840. The van der Waals surface area contributed by atoms with E-state index in [0.717, 1.165) is 51.5 Å². The van der Waals surface area contributed by atoms with E-state index in [1.54, 1.807) is 0 Å². The summed E-state index contributed by atoms with van der Waals surface area (Å²) in [5, 5.41) is 4.84. The van der Waals surface area contributed by atoms with Gasteiger partial charge in [0, 0.05) is 37.2 Å². The number of rotatable bonds is 7. The van der Waals surface area contributed by atoms with Crippen LogP contribution in [0, 0.1) is 0 Å². The SMILES string of the molecule is CCOC1CCN(c2nc(CC)c(CNC3CC3)s2)CC1. The van der Waals surface area contributed by atoms with Gasteiger partial charge in [-0.25, -0.2) is 4.98 Å². The summed E-state index contributed by atoms with van der Waals surface area (Å²) in [6.45, 7) is 8.29. The van der Waals surface area contributed by atoms with Crippen LogP contribution in [0.5, 0.6) is 0 Å². The fourth-order valence-corrected chi connectivity index (χ4v) is 4.04. The smallest absolute Gasteiger partial charge is 0.185 e. The Balaban J connectivity index is 1.59. The first kappa shape index (κ1) is 15.3. The van der Waals surface area contributed by atoms with Gasteiger partial charge in [-0.1, -0.05) is 6.92 Å². The lowest BCUT2D eigenvalue weighted by molar-refractivity contribution is 0.0459.